The van der Waals surface area contributed by atoms with Crippen molar-refractivity contribution in [1.29, 1.82) is 0 Å². The van der Waals surface area contributed by atoms with Gasteiger partial charge in [0, 0.05) is 11.6 Å². The predicted octanol–water partition coefficient (Wildman–Crippen LogP) is 2.95. The van der Waals surface area contributed by atoms with E-state index in [1.54, 1.807) is 12.1 Å². The van der Waals surface area contributed by atoms with Crippen LogP contribution in [0.25, 0.3) is 11.0 Å². The van der Waals surface area contributed by atoms with E-state index < -0.39 is 12.7 Å². The average molecular weight is 283 g/mol. The molecule has 0 unspecified atom stereocenters. The number of amides is 1. The molecule has 4 nitrogen and oxygen atoms in total. The van der Waals surface area contributed by atoms with Crippen molar-refractivity contribution < 1.29 is 18.0 Å². The molecule has 1 aromatic carbocycles. The molecule has 3 rings (SSSR count). The van der Waals surface area contributed by atoms with Crippen LogP contribution in [0.3, 0.4) is 0 Å². The number of carbonyl (C=O) groups excluding carboxylic acids is 1. The molecule has 1 aliphatic carbocycles. The number of halogens is 3. The molecule has 1 aromatic heterocycles. The minimum atomic E-state index is -4.29. The number of imidazole rings is 1. The molecule has 0 radical (unpaired) electrons. The van der Waals surface area contributed by atoms with E-state index in [4.69, 9.17) is 0 Å². The zero-order valence-corrected chi connectivity index (χ0v) is 10.4. The molecule has 0 saturated heterocycles. The molecular weight excluding hydrogens is 271 g/mol. The normalized spacial score (nSPS) is 15.6. The quantitative estimate of drug-likeness (QED) is 0.941. The molecule has 0 atom stereocenters. The summed E-state index contributed by atoms with van der Waals surface area (Å²) in [5.74, 6) is 0.0348. The third kappa shape index (κ3) is 2.76. The van der Waals surface area contributed by atoms with Gasteiger partial charge in [-0.25, -0.2) is 4.98 Å². The lowest BCUT2D eigenvalue weighted by molar-refractivity contribution is -0.140. The summed E-state index contributed by atoms with van der Waals surface area (Å²) in [5, 5.41) is 2.74. The van der Waals surface area contributed by atoms with Crippen LogP contribution in [0.2, 0.25) is 0 Å². The van der Waals surface area contributed by atoms with E-state index >= 15 is 0 Å². The van der Waals surface area contributed by atoms with Crippen LogP contribution in [0, 0.1) is 5.92 Å². The molecule has 1 heterocycles. The van der Waals surface area contributed by atoms with Crippen LogP contribution in [0.4, 0.5) is 18.9 Å². The second kappa shape index (κ2) is 4.50. The Morgan fingerprint density at radius 2 is 2.15 bits per heavy atom. The Morgan fingerprint density at radius 3 is 2.80 bits per heavy atom. The summed E-state index contributed by atoms with van der Waals surface area (Å²) in [6.45, 7) is -1.07. The molecular formula is C13H12F3N3O. The van der Waals surface area contributed by atoms with E-state index in [1.165, 1.54) is 6.07 Å². The summed E-state index contributed by atoms with van der Waals surface area (Å²) in [4.78, 5) is 15.6. The second-order valence-electron chi connectivity index (χ2n) is 4.95. The van der Waals surface area contributed by atoms with Crippen molar-refractivity contribution in [3.63, 3.8) is 0 Å². The maximum atomic E-state index is 12.4. The molecule has 7 heteroatoms. The standard InChI is InChI=1S/C13H12F3N3O/c14-13(15,16)6-19-7-17-10-5-9(3-4-11(10)19)18-12(20)8-1-2-8/h3-5,7-8H,1-2,6H2,(H,18,20). The first-order chi connectivity index (χ1) is 9.42. The smallest absolute Gasteiger partial charge is 0.326 e. The van der Waals surface area contributed by atoms with Gasteiger partial charge in [0.15, 0.2) is 0 Å². The molecule has 1 saturated carbocycles. The van der Waals surface area contributed by atoms with Crippen LogP contribution in [0.5, 0.6) is 0 Å². The minimum Gasteiger partial charge on any atom is -0.326 e. The van der Waals surface area contributed by atoms with Crippen molar-refractivity contribution in [2.75, 3.05) is 5.32 Å². The van der Waals surface area contributed by atoms with Crippen molar-refractivity contribution >= 4 is 22.6 Å². The predicted molar refractivity (Wildman–Crippen MR) is 67.1 cm³/mol. The van der Waals surface area contributed by atoms with Crippen LogP contribution in [0.1, 0.15) is 12.8 Å². The van der Waals surface area contributed by atoms with Crippen molar-refractivity contribution in [1.82, 2.24) is 9.55 Å². The highest BCUT2D eigenvalue weighted by Crippen LogP contribution is 2.30. The summed E-state index contributed by atoms with van der Waals surface area (Å²) < 4.78 is 38.2. The number of carbonyl (C=O) groups is 1. The fraction of sp³-hybridized carbons (Fsp3) is 0.385. The van der Waals surface area contributed by atoms with Gasteiger partial charge in [0.25, 0.3) is 0 Å². The van der Waals surface area contributed by atoms with Crippen molar-refractivity contribution in [2.45, 2.75) is 25.6 Å². The lowest BCUT2D eigenvalue weighted by Crippen LogP contribution is -2.16. The maximum absolute atomic E-state index is 12.4. The highest BCUT2D eigenvalue weighted by molar-refractivity contribution is 5.95. The van der Waals surface area contributed by atoms with Crippen LogP contribution in [-0.2, 0) is 11.3 Å². The molecule has 2 aromatic rings. The number of anilines is 1. The first kappa shape index (κ1) is 13.0. The van der Waals surface area contributed by atoms with Crippen LogP contribution in [-0.4, -0.2) is 21.6 Å². The van der Waals surface area contributed by atoms with E-state index in [1.807, 2.05) is 0 Å². The number of fused-ring (bicyclic) bond motifs is 1. The first-order valence-electron chi connectivity index (χ1n) is 6.25. The Kier molecular flexibility index (Phi) is 2.92. The Balaban J connectivity index is 1.83. The van der Waals surface area contributed by atoms with Gasteiger partial charge in [-0.1, -0.05) is 0 Å². The van der Waals surface area contributed by atoms with Gasteiger partial charge in [0.1, 0.15) is 6.54 Å². The minimum absolute atomic E-state index is 0.0425. The summed E-state index contributed by atoms with van der Waals surface area (Å²) in [5.41, 5.74) is 1.39. The van der Waals surface area contributed by atoms with Gasteiger partial charge in [-0.3, -0.25) is 4.79 Å². The highest BCUT2D eigenvalue weighted by Gasteiger charge is 2.30. The third-order valence-corrected chi connectivity index (χ3v) is 3.19. The first-order valence-corrected chi connectivity index (χ1v) is 6.25. The Bertz CT molecular complexity index is 658. The number of alkyl halides is 3. The van der Waals surface area contributed by atoms with Crippen molar-refractivity contribution in [3.05, 3.63) is 24.5 Å². The van der Waals surface area contributed by atoms with Crippen LogP contribution < -0.4 is 5.32 Å². The van der Waals surface area contributed by atoms with Crippen molar-refractivity contribution in [3.8, 4) is 0 Å². The Morgan fingerprint density at radius 1 is 1.40 bits per heavy atom. The molecule has 20 heavy (non-hydrogen) atoms. The number of nitrogens with one attached hydrogen (secondary N) is 1. The molecule has 1 fully saturated rings. The zero-order chi connectivity index (χ0) is 14.3. The van der Waals surface area contributed by atoms with Crippen LogP contribution in [0.15, 0.2) is 24.5 Å². The molecule has 0 aliphatic heterocycles. The molecule has 0 spiro atoms. The second-order valence-corrected chi connectivity index (χ2v) is 4.95. The molecule has 1 aliphatic rings. The molecule has 1 amide bonds. The van der Waals surface area contributed by atoms with Gasteiger partial charge in [-0.15, -0.1) is 0 Å². The topological polar surface area (TPSA) is 46.9 Å². The van der Waals surface area contributed by atoms with E-state index in [2.05, 4.69) is 10.3 Å². The Labute approximate surface area is 112 Å². The third-order valence-electron chi connectivity index (χ3n) is 3.19. The van der Waals surface area contributed by atoms with Gasteiger partial charge in [0.05, 0.1) is 17.4 Å². The summed E-state index contributed by atoms with van der Waals surface area (Å²) in [7, 11) is 0. The van der Waals surface area contributed by atoms with E-state index in [0.717, 1.165) is 23.7 Å². The zero-order valence-electron chi connectivity index (χ0n) is 10.4. The van der Waals surface area contributed by atoms with Gasteiger partial charge in [0.2, 0.25) is 5.91 Å². The average Bonchev–Trinajstić information content (AvgIpc) is 3.13. The number of hydrogen-bond donors (Lipinski definition) is 1. The van der Waals surface area contributed by atoms with E-state index in [-0.39, 0.29) is 11.8 Å². The number of rotatable bonds is 3. The monoisotopic (exact) mass is 283 g/mol. The number of benzene rings is 1. The number of aromatic nitrogens is 2. The van der Waals surface area contributed by atoms with Crippen LogP contribution >= 0.6 is 0 Å². The maximum Gasteiger partial charge on any atom is 0.406 e. The van der Waals surface area contributed by atoms with Gasteiger partial charge >= 0.3 is 6.18 Å². The molecule has 106 valence electrons. The van der Waals surface area contributed by atoms with Crippen molar-refractivity contribution in [2.24, 2.45) is 5.92 Å². The molecule has 1 N–H and O–H groups in total. The van der Waals surface area contributed by atoms with E-state index in [0.29, 0.717) is 16.7 Å². The number of nitrogens with zero attached hydrogens (tertiary/aromatic N) is 2. The van der Waals surface area contributed by atoms with E-state index in [9.17, 15) is 18.0 Å². The van der Waals surface area contributed by atoms with Gasteiger partial charge < -0.3 is 9.88 Å². The highest BCUT2D eigenvalue weighted by atomic mass is 19.4. The summed E-state index contributed by atoms with van der Waals surface area (Å²) in [6.07, 6.45) is -1.33. The largest absolute Gasteiger partial charge is 0.406 e. The SMILES string of the molecule is O=C(Nc1ccc2c(c1)ncn2CC(F)(F)F)C1CC1. The lowest BCUT2D eigenvalue weighted by Gasteiger charge is -2.08. The fourth-order valence-electron chi connectivity index (χ4n) is 2.05. The van der Waals surface area contributed by atoms with Gasteiger partial charge in [-0.2, -0.15) is 13.2 Å². The lowest BCUT2D eigenvalue weighted by atomic mass is 10.2. The van der Waals surface area contributed by atoms with Gasteiger partial charge in [-0.05, 0) is 31.0 Å². The Hall–Kier alpha value is -2.05. The molecule has 0 bridgehead atoms. The summed E-state index contributed by atoms with van der Waals surface area (Å²) >= 11 is 0. The number of hydrogen-bond acceptors (Lipinski definition) is 2. The fourth-order valence-corrected chi connectivity index (χ4v) is 2.05. The summed E-state index contributed by atoms with van der Waals surface area (Å²) in [6, 6.07) is 4.72.